The van der Waals surface area contributed by atoms with Crippen LogP contribution >= 0.6 is 0 Å². The Bertz CT molecular complexity index is 187. The zero-order chi connectivity index (χ0) is 10.6. The quantitative estimate of drug-likeness (QED) is 0.307. The van der Waals surface area contributed by atoms with Crippen molar-refractivity contribution in [2.75, 3.05) is 0 Å². The van der Waals surface area contributed by atoms with E-state index >= 15 is 0 Å². The lowest BCUT2D eigenvalue weighted by molar-refractivity contribution is 0.561. The van der Waals surface area contributed by atoms with Crippen molar-refractivity contribution in [1.82, 2.24) is 0 Å². The van der Waals surface area contributed by atoms with Crippen LogP contribution in [-0.2, 0) is 4.79 Å². The van der Waals surface area contributed by atoms with E-state index in [9.17, 15) is 4.79 Å². The second-order valence-corrected chi connectivity index (χ2v) is 3.70. The molecule has 0 aliphatic heterocycles. The van der Waals surface area contributed by atoms with Crippen LogP contribution in [0.1, 0.15) is 58.3 Å². The highest BCUT2D eigenvalue weighted by Crippen LogP contribution is 2.13. The molecule has 0 aromatic carbocycles. The molecule has 0 atom stereocenters. The number of hydrogen-bond donors (Lipinski definition) is 0. The van der Waals surface area contributed by atoms with Crippen LogP contribution in [0.4, 0.5) is 0 Å². The molecule has 0 aromatic rings. The van der Waals surface area contributed by atoms with Gasteiger partial charge in [-0.05, 0) is 32.1 Å². The van der Waals surface area contributed by atoms with Gasteiger partial charge in [-0.3, -0.25) is 0 Å². The van der Waals surface area contributed by atoms with Crippen molar-refractivity contribution in [1.29, 1.82) is 0 Å². The highest BCUT2D eigenvalue weighted by Gasteiger charge is 1.98. The van der Waals surface area contributed by atoms with Gasteiger partial charge in [-0.25, -0.2) is 4.79 Å². The van der Waals surface area contributed by atoms with E-state index in [0.29, 0.717) is 0 Å². The molecule has 0 amide bonds. The predicted octanol–water partition coefficient (Wildman–Crippen LogP) is 4.07. The molecular formula is C13H22O. The highest BCUT2D eigenvalue weighted by molar-refractivity contribution is 5.52. The lowest BCUT2D eigenvalue weighted by Gasteiger charge is -2.01. The molecule has 1 heteroatoms. The fourth-order valence-electron chi connectivity index (χ4n) is 1.45. The van der Waals surface area contributed by atoms with E-state index < -0.39 is 0 Å². The second kappa shape index (κ2) is 10.3. The molecule has 0 rings (SSSR count). The van der Waals surface area contributed by atoms with Gasteiger partial charge in [0.2, 0.25) is 0 Å². The Balaban J connectivity index is 3.49. The molecule has 1 nitrogen and oxygen atoms in total. The van der Waals surface area contributed by atoms with Crippen molar-refractivity contribution in [3.63, 3.8) is 0 Å². The average Bonchev–Trinajstić information content (AvgIpc) is 2.22. The van der Waals surface area contributed by atoms with Gasteiger partial charge < -0.3 is 0 Å². The first kappa shape index (κ1) is 13.2. The van der Waals surface area contributed by atoms with Gasteiger partial charge in [0.05, 0.1) is 0 Å². The van der Waals surface area contributed by atoms with Crippen LogP contribution in [0.5, 0.6) is 0 Å². The normalized spacial score (nSPS) is 9.50. The predicted molar refractivity (Wildman–Crippen MR) is 62.0 cm³/mol. The van der Waals surface area contributed by atoms with Gasteiger partial charge in [-0.1, -0.05) is 32.3 Å². The molecule has 14 heavy (non-hydrogen) atoms. The van der Waals surface area contributed by atoms with Crippen LogP contribution in [0.25, 0.3) is 0 Å². The first-order chi connectivity index (χ1) is 6.85. The zero-order valence-corrected chi connectivity index (χ0v) is 9.35. The molecule has 0 aliphatic rings. The van der Waals surface area contributed by atoms with E-state index in [-0.39, 0.29) is 0 Å². The number of allylic oxidation sites excluding steroid dienone is 2. The minimum Gasteiger partial charge on any atom is -0.234 e. The number of carbonyl (C=O) groups excluding carboxylic acids is 1. The minimum absolute atomic E-state index is 0.904. The number of unbranched alkanes of at least 4 members (excludes halogenated alkanes) is 4. The topological polar surface area (TPSA) is 17.1 Å². The smallest absolute Gasteiger partial charge is 0.123 e. The fraction of sp³-hybridized carbons (Fsp3) is 0.692. The first-order valence-corrected chi connectivity index (χ1v) is 5.68. The van der Waals surface area contributed by atoms with Gasteiger partial charge in [0.1, 0.15) is 5.94 Å². The summed E-state index contributed by atoms with van der Waals surface area (Å²) in [4.78, 5) is 10.6. The molecule has 0 heterocycles. The van der Waals surface area contributed by atoms with Crippen LogP contribution in [0, 0.1) is 0 Å². The average molecular weight is 194 g/mol. The largest absolute Gasteiger partial charge is 0.234 e. The van der Waals surface area contributed by atoms with Gasteiger partial charge in [0.15, 0.2) is 0 Å². The van der Waals surface area contributed by atoms with Crippen LogP contribution in [-0.4, -0.2) is 5.94 Å². The van der Waals surface area contributed by atoms with Gasteiger partial charge in [-0.15, -0.1) is 6.58 Å². The molecule has 0 aromatic heterocycles. The molecule has 80 valence electrons. The summed E-state index contributed by atoms with van der Waals surface area (Å²) in [7, 11) is 0. The van der Waals surface area contributed by atoms with Crippen molar-refractivity contribution >= 4 is 5.94 Å². The Kier molecular flexibility index (Phi) is 9.68. The molecule has 0 unspecified atom stereocenters. The first-order valence-electron chi connectivity index (χ1n) is 5.68. The monoisotopic (exact) mass is 194 g/mol. The molecule has 0 saturated carbocycles. The van der Waals surface area contributed by atoms with Gasteiger partial charge in [-0.2, -0.15) is 0 Å². The molecule has 0 aliphatic carbocycles. The maximum Gasteiger partial charge on any atom is 0.123 e. The molecule has 0 saturated heterocycles. The highest BCUT2D eigenvalue weighted by atomic mass is 16.1. The van der Waals surface area contributed by atoms with E-state index in [2.05, 4.69) is 19.4 Å². The van der Waals surface area contributed by atoms with Gasteiger partial charge in [0.25, 0.3) is 0 Å². The Morgan fingerprint density at radius 3 is 2.50 bits per heavy atom. The standard InChI is InChI=1S/C13H22O/c1-3-5-7-9-11-13(12-14)10-8-6-4-2/h4H,2-3,5-11H2,1H3. The van der Waals surface area contributed by atoms with Gasteiger partial charge >= 0.3 is 0 Å². The van der Waals surface area contributed by atoms with Crippen LogP contribution in [0.15, 0.2) is 18.2 Å². The van der Waals surface area contributed by atoms with Crippen molar-refractivity contribution in [3.8, 4) is 0 Å². The molecular weight excluding hydrogens is 172 g/mol. The number of rotatable bonds is 9. The van der Waals surface area contributed by atoms with Gasteiger partial charge in [0, 0.05) is 5.57 Å². The molecule has 0 radical (unpaired) electrons. The number of hydrogen-bond acceptors (Lipinski definition) is 1. The summed E-state index contributed by atoms with van der Waals surface area (Å²) < 4.78 is 0. The van der Waals surface area contributed by atoms with Crippen molar-refractivity contribution < 1.29 is 4.79 Å². The van der Waals surface area contributed by atoms with Crippen molar-refractivity contribution in [2.45, 2.75) is 58.3 Å². The molecule has 0 bridgehead atoms. The minimum atomic E-state index is 0.904. The van der Waals surface area contributed by atoms with E-state index in [1.807, 2.05) is 6.08 Å². The van der Waals surface area contributed by atoms with Crippen molar-refractivity contribution in [3.05, 3.63) is 18.2 Å². The summed E-state index contributed by atoms with van der Waals surface area (Å²) in [6.07, 6.45) is 10.7. The summed E-state index contributed by atoms with van der Waals surface area (Å²) in [6, 6.07) is 0. The summed E-state index contributed by atoms with van der Waals surface area (Å²) >= 11 is 0. The Hall–Kier alpha value is -0.810. The van der Waals surface area contributed by atoms with Crippen LogP contribution < -0.4 is 0 Å². The SMILES string of the molecule is C=CCCCC(=C=O)CCCCCC. The third-order valence-electron chi connectivity index (χ3n) is 2.36. The lowest BCUT2D eigenvalue weighted by atomic mass is 10.0. The van der Waals surface area contributed by atoms with E-state index in [1.165, 1.54) is 19.3 Å². The molecule has 0 spiro atoms. The van der Waals surface area contributed by atoms with Crippen LogP contribution in [0.3, 0.4) is 0 Å². The molecule has 0 N–H and O–H groups in total. The third-order valence-corrected chi connectivity index (χ3v) is 2.36. The third kappa shape index (κ3) is 7.82. The fourth-order valence-corrected chi connectivity index (χ4v) is 1.45. The summed E-state index contributed by atoms with van der Waals surface area (Å²) in [5, 5.41) is 0. The Morgan fingerprint density at radius 1 is 1.21 bits per heavy atom. The van der Waals surface area contributed by atoms with E-state index in [4.69, 9.17) is 0 Å². The van der Waals surface area contributed by atoms with Crippen molar-refractivity contribution in [2.24, 2.45) is 0 Å². The summed E-state index contributed by atoms with van der Waals surface area (Å²) in [6.45, 7) is 5.86. The molecule has 0 fully saturated rings. The second-order valence-electron chi connectivity index (χ2n) is 3.70. The maximum atomic E-state index is 10.6. The maximum absolute atomic E-state index is 10.6. The Labute approximate surface area is 87.9 Å². The van der Waals surface area contributed by atoms with E-state index in [0.717, 1.165) is 37.7 Å². The van der Waals surface area contributed by atoms with E-state index in [1.54, 1.807) is 0 Å². The lowest BCUT2D eigenvalue weighted by Crippen LogP contribution is -1.87. The summed E-state index contributed by atoms with van der Waals surface area (Å²) in [5.74, 6) is 2.07. The zero-order valence-electron chi connectivity index (χ0n) is 9.35. The van der Waals surface area contributed by atoms with Crippen LogP contribution in [0.2, 0.25) is 0 Å². The summed E-state index contributed by atoms with van der Waals surface area (Å²) in [5.41, 5.74) is 0.961. The Morgan fingerprint density at radius 2 is 1.93 bits per heavy atom.